The standard InChI is InChI=1S/C35H47NO3/c1-24-19-31(24)16-13-29(22-32(37)10-6-9-27-7-4-5-8-27)23-34(38)26(3)21-35(39)36-18-17-28-11-14-30(15-12-28)33-20-25(33)2/h4-5,7,11-12,14-15,23-26,31,33H,6,8-10,13,16-22H2,1-3H3,(H,36,39). The normalized spacial score (nSPS) is 24.3. The van der Waals surface area contributed by atoms with Crippen LogP contribution in [0.2, 0.25) is 0 Å². The van der Waals surface area contributed by atoms with Gasteiger partial charge in [0, 0.05) is 31.7 Å². The van der Waals surface area contributed by atoms with E-state index in [9.17, 15) is 14.4 Å². The zero-order valence-corrected chi connectivity index (χ0v) is 24.2. The van der Waals surface area contributed by atoms with E-state index in [0.29, 0.717) is 19.4 Å². The summed E-state index contributed by atoms with van der Waals surface area (Å²) in [7, 11) is 0. The first kappa shape index (κ1) is 29.2. The quantitative estimate of drug-likeness (QED) is 0.213. The summed E-state index contributed by atoms with van der Waals surface area (Å²) >= 11 is 0. The molecule has 1 N–H and O–H groups in total. The molecule has 5 unspecified atom stereocenters. The highest BCUT2D eigenvalue weighted by Gasteiger charge is 2.33. The lowest BCUT2D eigenvalue weighted by atomic mass is 9.94. The number of nitrogens with one attached hydrogen (secondary N) is 1. The van der Waals surface area contributed by atoms with Crippen LogP contribution in [0.15, 0.2) is 59.7 Å². The van der Waals surface area contributed by atoms with Crippen molar-refractivity contribution >= 4 is 17.5 Å². The Balaban J connectivity index is 1.20. The maximum Gasteiger partial charge on any atom is 0.220 e. The summed E-state index contributed by atoms with van der Waals surface area (Å²) in [5.74, 6) is 2.70. The molecule has 39 heavy (non-hydrogen) atoms. The van der Waals surface area contributed by atoms with Crippen LogP contribution in [-0.2, 0) is 20.8 Å². The van der Waals surface area contributed by atoms with E-state index in [-0.39, 0.29) is 23.9 Å². The molecule has 4 rings (SSSR count). The molecule has 1 aromatic rings. The molecule has 2 saturated carbocycles. The highest BCUT2D eigenvalue weighted by molar-refractivity contribution is 5.95. The van der Waals surface area contributed by atoms with Crippen molar-refractivity contribution in [1.82, 2.24) is 5.32 Å². The van der Waals surface area contributed by atoms with Crippen molar-refractivity contribution < 1.29 is 14.4 Å². The third-order valence-corrected chi connectivity index (χ3v) is 8.92. The number of carbonyl (C=O) groups is 3. The second-order valence-corrected chi connectivity index (χ2v) is 12.5. The van der Waals surface area contributed by atoms with Crippen LogP contribution in [0, 0.1) is 23.7 Å². The van der Waals surface area contributed by atoms with Crippen molar-refractivity contribution in [2.75, 3.05) is 6.54 Å². The van der Waals surface area contributed by atoms with Crippen LogP contribution >= 0.6 is 0 Å². The average molecular weight is 530 g/mol. The Labute approximate surface area is 235 Å². The maximum absolute atomic E-state index is 13.0. The van der Waals surface area contributed by atoms with Gasteiger partial charge in [-0.05, 0) is 92.2 Å². The Morgan fingerprint density at radius 1 is 1.03 bits per heavy atom. The number of rotatable bonds is 17. The Hall–Kier alpha value is -2.75. The molecule has 0 radical (unpaired) electrons. The summed E-state index contributed by atoms with van der Waals surface area (Å²) in [5, 5.41) is 2.98. The number of carbonyl (C=O) groups excluding carboxylic acids is 3. The van der Waals surface area contributed by atoms with Gasteiger partial charge in [0.2, 0.25) is 5.91 Å². The van der Waals surface area contributed by atoms with Gasteiger partial charge in [-0.3, -0.25) is 14.4 Å². The zero-order chi connectivity index (χ0) is 27.8. The van der Waals surface area contributed by atoms with E-state index in [1.807, 2.05) is 6.92 Å². The molecular formula is C35H47NO3. The molecule has 1 amide bonds. The number of hydrogen-bond acceptors (Lipinski definition) is 3. The van der Waals surface area contributed by atoms with E-state index in [0.717, 1.165) is 67.8 Å². The number of amides is 1. The molecule has 0 saturated heterocycles. The molecule has 0 spiro atoms. The smallest absolute Gasteiger partial charge is 0.220 e. The average Bonchev–Trinajstić information content (AvgIpc) is 3.75. The van der Waals surface area contributed by atoms with Gasteiger partial charge in [-0.1, -0.05) is 74.4 Å². The van der Waals surface area contributed by atoms with Gasteiger partial charge < -0.3 is 5.32 Å². The van der Waals surface area contributed by atoms with Crippen molar-refractivity contribution in [3.8, 4) is 0 Å². The monoisotopic (exact) mass is 529 g/mol. The Morgan fingerprint density at radius 2 is 1.77 bits per heavy atom. The van der Waals surface area contributed by atoms with Crippen LogP contribution in [0.25, 0.3) is 0 Å². The topological polar surface area (TPSA) is 63.2 Å². The number of ketones is 2. The summed E-state index contributed by atoms with van der Waals surface area (Å²) in [4.78, 5) is 38.3. The van der Waals surface area contributed by atoms with Crippen molar-refractivity contribution in [3.63, 3.8) is 0 Å². The van der Waals surface area contributed by atoms with Crippen LogP contribution in [-0.4, -0.2) is 24.0 Å². The van der Waals surface area contributed by atoms with E-state index in [1.54, 1.807) is 6.08 Å². The summed E-state index contributed by atoms with van der Waals surface area (Å²) in [6.07, 6.45) is 17.2. The highest BCUT2D eigenvalue weighted by atomic mass is 16.2. The third-order valence-electron chi connectivity index (χ3n) is 8.92. The van der Waals surface area contributed by atoms with Crippen LogP contribution in [0.1, 0.15) is 102 Å². The van der Waals surface area contributed by atoms with Gasteiger partial charge in [-0.25, -0.2) is 0 Å². The van der Waals surface area contributed by atoms with E-state index in [2.05, 4.69) is 61.7 Å². The largest absolute Gasteiger partial charge is 0.356 e. The van der Waals surface area contributed by atoms with Crippen LogP contribution < -0.4 is 5.32 Å². The highest BCUT2D eigenvalue weighted by Crippen LogP contribution is 2.46. The summed E-state index contributed by atoms with van der Waals surface area (Å²) in [6.45, 7) is 6.95. The van der Waals surface area contributed by atoms with Crippen molar-refractivity contribution in [2.45, 2.75) is 97.3 Å². The van der Waals surface area contributed by atoms with Crippen molar-refractivity contribution in [1.29, 1.82) is 0 Å². The minimum absolute atomic E-state index is 0.0381. The number of hydrogen-bond donors (Lipinski definition) is 1. The molecule has 3 aliphatic carbocycles. The van der Waals surface area contributed by atoms with Gasteiger partial charge in [-0.2, -0.15) is 0 Å². The Kier molecular flexibility index (Phi) is 10.5. The zero-order valence-electron chi connectivity index (χ0n) is 24.2. The maximum atomic E-state index is 13.0. The molecular weight excluding hydrogens is 482 g/mol. The van der Waals surface area contributed by atoms with Crippen LogP contribution in [0.3, 0.4) is 0 Å². The van der Waals surface area contributed by atoms with Gasteiger partial charge in [0.25, 0.3) is 0 Å². The van der Waals surface area contributed by atoms with E-state index >= 15 is 0 Å². The van der Waals surface area contributed by atoms with Gasteiger partial charge in [-0.15, -0.1) is 0 Å². The first-order valence-corrected chi connectivity index (χ1v) is 15.2. The fraction of sp³-hybridized carbons (Fsp3) is 0.571. The van der Waals surface area contributed by atoms with Gasteiger partial charge in [0.1, 0.15) is 5.78 Å². The minimum atomic E-state index is -0.392. The van der Waals surface area contributed by atoms with E-state index in [1.165, 1.54) is 29.5 Å². The Morgan fingerprint density at radius 3 is 2.41 bits per heavy atom. The number of Topliss-reactive ketones (excluding diaryl/α,β-unsaturated/α-hetero) is 1. The predicted molar refractivity (Wildman–Crippen MR) is 158 cm³/mol. The summed E-state index contributed by atoms with van der Waals surface area (Å²) in [5.41, 5.74) is 4.98. The number of benzene rings is 1. The lowest BCUT2D eigenvalue weighted by Gasteiger charge is -2.12. The van der Waals surface area contributed by atoms with Gasteiger partial charge in [0.15, 0.2) is 5.78 Å². The SMILES string of the molecule is CC(CC(=O)NCCc1ccc(C2CC2C)cc1)C(=O)C=C(CCC1CC1C)CC(=O)CCCC1=CC=CC1. The second kappa shape index (κ2) is 14.1. The third kappa shape index (κ3) is 9.74. The van der Waals surface area contributed by atoms with Crippen LogP contribution in [0.5, 0.6) is 0 Å². The molecule has 0 aliphatic heterocycles. The molecule has 2 fully saturated rings. The van der Waals surface area contributed by atoms with Crippen molar-refractivity contribution in [2.24, 2.45) is 23.7 Å². The molecule has 5 atom stereocenters. The molecule has 0 bridgehead atoms. The molecule has 4 heteroatoms. The minimum Gasteiger partial charge on any atom is -0.356 e. The first-order valence-electron chi connectivity index (χ1n) is 15.2. The Bertz CT molecular complexity index is 1110. The second-order valence-electron chi connectivity index (χ2n) is 12.5. The predicted octanol–water partition coefficient (Wildman–Crippen LogP) is 7.44. The molecule has 210 valence electrons. The lowest BCUT2D eigenvalue weighted by Crippen LogP contribution is -2.28. The fourth-order valence-corrected chi connectivity index (χ4v) is 5.77. The van der Waals surface area contributed by atoms with Gasteiger partial charge >= 0.3 is 0 Å². The lowest BCUT2D eigenvalue weighted by molar-refractivity contribution is -0.126. The molecule has 0 aromatic heterocycles. The van der Waals surface area contributed by atoms with Crippen LogP contribution in [0.4, 0.5) is 0 Å². The first-order chi connectivity index (χ1) is 18.8. The molecule has 4 nitrogen and oxygen atoms in total. The van der Waals surface area contributed by atoms with E-state index < -0.39 is 5.92 Å². The number of allylic oxidation sites excluding steroid dienone is 6. The van der Waals surface area contributed by atoms with Gasteiger partial charge in [0.05, 0.1) is 0 Å². The fourth-order valence-electron chi connectivity index (χ4n) is 5.77. The van der Waals surface area contributed by atoms with Crippen molar-refractivity contribution in [3.05, 3.63) is 70.8 Å². The molecule has 3 aliphatic rings. The summed E-state index contributed by atoms with van der Waals surface area (Å²) < 4.78 is 0. The molecule has 0 heterocycles. The molecule has 1 aromatic carbocycles. The summed E-state index contributed by atoms with van der Waals surface area (Å²) in [6, 6.07) is 8.76. The van der Waals surface area contributed by atoms with E-state index in [4.69, 9.17) is 0 Å².